The van der Waals surface area contributed by atoms with Crippen molar-refractivity contribution >= 4 is 5.97 Å². The highest BCUT2D eigenvalue weighted by Gasteiger charge is 2.16. The molecular formula is C10H11NO5. The molecule has 3 N–H and O–H groups in total. The zero-order chi connectivity index (χ0) is 11.5. The second kappa shape index (κ2) is 4.28. The zero-order valence-corrected chi connectivity index (χ0v) is 8.40. The van der Waals surface area contributed by atoms with Crippen LogP contribution < -0.4 is 14.8 Å². The Balaban J connectivity index is 2.06. The molecule has 1 aliphatic rings. The number of hydrogen-bond acceptors (Lipinski definition) is 5. The number of aromatic hydroxyl groups is 1. The third-order valence-corrected chi connectivity index (χ3v) is 2.17. The first kappa shape index (κ1) is 10.6. The first-order valence-electron chi connectivity index (χ1n) is 4.71. The van der Waals surface area contributed by atoms with Crippen molar-refractivity contribution in [1.82, 2.24) is 5.32 Å². The molecule has 1 aromatic rings. The molecule has 0 radical (unpaired) electrons. The lowest BCUT2D eigenvalue weighted by atomic mass is 10.1. The van der Waals surface area contributed by atoms with Crippen LogP contribution in [0.4, 0.5) is 0 Å². The van der Waals surface area contributed by atoms with Crippen LogP contribution in [0.1, 0.15) is 5.56 Å². The maximum absolute atomic E-state index is 10.3. The number of carboxylic acids is 1. The zero-order valence-electron chi connectivity index (χ0n) is 8.40. The number of nitrogens with one attached hydrogen (secondary N) is 1. The molecule has 0 aliphatic carbocycles. The number of phenolic OH excluding ortho intramolecular Hbond substituents is 1. The number of carbonyl (C=O) groups is 1. The molecule has 0 aromatic heterocycles. The Bertz CT molecular complexity index is 418. The Hall–Kier alpha value is -1.95. The van der Waals surface area contributed by atoms with Crippen molar-refractivity contribution in [2.24, 2.45) is 0 Å². The van der Waals surface area contributed by atoms with Crippen molar-refractivity contribution in [2.75, 3.05) is 13.3 Å². The number of fused-ring (bicyclic) bond motifs is 1. The van der Waals surface area contributed by atoms with Crippen LogP contribution in [0, 0.1) is 0 Å². The Kier molecular flexibility index (Phi) is 2.82. The predicted octanol–water partition coefficient (Wildman–Crippen LogP) is 0.295. The molecule has 0 atom stereocenters. The van der Waals surface area contributed by atoms with Gasteiger partial charge in [0.15, 0.2) is 11.5 Å². The van der Waals surface area contributed by atoms with Crippen molar-refractivity contribution in [2.45, 2.75) is 6.54 Å². The molecular weight excluding hydrogens is 214 g/mol. The molecule has 0 spiro atoms. The van der Waals surface area contributed by atoms with Gasteiger partial charge in [-0.15, -0.1) is 0 Å². The van der Waals surface area contributed by atoms with E-state index in [2.05, 4.69) is 5.32 Å². The molecule has 1 aliphatic heterocycles. The average molecular weight is 225 g/mol. The molecule has 0 fully saturated rings. The Morgan fingerprint density at radius 2 is 2.06 bits per heavy atom. The molecule has 6 nitrogen and oxygen atoms in total. The fourth-order valence-corrected chi connectivity index (χ4v) is 1.42. The molecule has 0 unspecified atom stereocenters. The van der Waals surface area contributed by atoms with Crippen LogP contribution in [0.2, 0.25) is 0 Å². The number of hydrogen-bond donors (Lipinski definition) is 3. The van der Waals surface area contributed by atoms with Gasteiger partial charge in [0.1, 0.15) is 5.75 Å². The Labute approximate surface area is 91.4 Å². The molecule has 2 rings (SSSR count). The highest BCUT2D eigenvalue weighted by molar-refractivity contribution is 5.69. The Morgan fingerprint density at radius 3 is 2.75 bits per heavy atom. The van der Waals surface area contributed by atoms with Crippen molar-refractivity contribution in [3.63, 3.8) is 0 Å². The van der Waals surface area contributed by atoms with Gasteiger partial charge in [0.2, 0.25) is 6.79 Å². The number of phenols is 1. The lowest BCUT2D eigenvalue weighted by molar-refractivity contribution is -0.136. The summed E-state index contributed by atoms with van der Waals surface area (Å²) in [6.45, 7) is 0.240. The lowest BCUT2D eigenvalue weighted by Crippen LogP contribution is -2.21. The minimum atomic E-state index is -0.944. The van der Waals surface area contributed by atoms with Crippen LogP contribution >= 0.6 is 0 Å². The van der Waals surface area contributed by atoms with E-state index in [1.807, 2.05) is 0 Å². The summed E-state index contributed by atoms with van der Waals surface area (Å²) in [5.74, 6) is 0.173. The van der Waals surface area contributed by atoms with Gasteiger partial charge in [-0.2, -0.15) is 0 Å². The minimum Gasteiger partial charge on any atom is -0.507 e. The van der Waals surface area contributed by atoms with E-state index in [0.717, 1.165) is 0 Å². The summed E-state index contributed by atoms with van der Waals surface area (Å²) in [5.41, 5.74) is 0.575. The van der Waals surface area contributed by atoms with E-state index in [4.69, 9.17) is 14.6 Å². The molecule has 1 aromatic carbocycles. The lowest BCUT2D eigenvalue weighted by Gasteiger charge is -2.06. The van der Waals surface area contributed by atoms with Gasteiger partial charge in [0, 0.05) is 18.2 Å². The van der Waals surface area contributed by atoms with Crippen LogP contribution in [-0.4, -0.2) is 29.5 Å². The highest BCUT2D eigenvalue weighted by atomic mass is 16.7. The van der Waals surface area contributed by atoms with Crippen LogP contribution in [0.15, 0.2) is 12.1 Å². The van der Waals surface area contributed by atoms with Crippen molar-refractivity contribution in [1.29, 1.82) is 0 Å². The van der Waals surface area contributed by atoms with E-state index in [-0.39, 0.29) is 25.6 Å². The minimum absolute atomic E-state index is 0.0575. The summed E-state index contributed by atoms with van der Waals surface area (Å²) in [6.07, 6.45) is 0. The fraction of sp³-hybridized carbons (Fsp3) is 0.300. The van der Waals surface area contributed by atoms with E-state index in [9.17, 15) is 9.90 Å². The maximum atomic E-state index is 10.3. The molecule has 0 amide bonds. The van der Waals surface area contributed by atoms with Crippen molar-refractivity contribution in [3.05, 3.63) is 17.7 Å². The smallest absolute Gasteiger partial charge is 0.317 e. The summed E-state index contributed by atoms with van der Waals surface area (Å²) >= 11 is 0. The SMILES string of the molecule is O=C(O)CNCc1cc2c(cc1O)OCO2. The van der Waals surface area contributed by atoms with Crippen molar-refractivity contribution in [3.8, 4) is 17.2 Å². The molecule has 1 heterocycles. The average Bonchev–Trinajstić information content (AvgIpc) is 2.64. The summed E-state index contributed by atoms with van der Waals surface area (Å²) in [5, 5.41) is 20.7. The topological polar surface area (TPSA) is 88.0 Å². The number of benzene rings is 1. The van der Waals surface area contributed by atoms with Crippen LogP contribution in [0.5, 0.6) is 17.2 Å². The normalized spacial score (nSPS) is 12.8. The van der Waals surface area contributed by atoms with Crippen molar-refractivity contribution < 1.29 is 24.5 Å². The summed E-state index contributed by atoms with van der Waals surface area (Å²) < 4.78 is 10.2. The van der Waals surface area contributed by atoms with Crippen LogP contribution in [0.25, 0.3) is 0 Å². The number of aliphatic carboxylic acids is 1. The van der Waals surface area contributed by atoms with E-state index in [1.165, 1.54) is 6.07 Å². The maximum Gasteiger partial charge on any atom is 0.317 e. The van der Waals surface area contributed by atoms with Gasteiger partial charge in [-0.3, -0.25) is 4.79 Å². The third-order valence-electron chi connectivity index (χ3n) is 2.17. The number of ether oxygens (including phenoxy) is 2. The first-order chi connectivity index (χ1) is 7.66. The third kappa shape index (κ3) is 2.17. The highest BCUT2D eigenvalue weighted by Crippen LogP contribution is 2.37. The predicted molar refractivity (Wildman–Crippen MR) is 53.6 cm³/mol. The quantitative estimate of drug-likeness (QED) is 0.682. The summed E-state index contributed by atoms with van der Waals surface area (Å²) in [6, 6.07) is 3.09. The standard InChI is InChI=1S/C10H11NO5/c12-7-2-9-8(15-5-16-9)1-6(7)3-11-4-10(13)14/h1-2,11-12H,3-5H2,(H,13,14). The number of rotatable bonds is 4. The van der Waals surface area contributed by atoms with Gasteiger partial charge in [0.05, 0.1) is 6.54 Å². The molecule has 16 heavy (non-hydrogen) atoms. The molecule has 0 saturated heterocycles. The van der Waals surface area contributed by atoms with Gasteiger partial charge >= 0.3 is 5.97 Å². The van der Waals surface area contributed by atoms with Gasteiger partial charge < -0.3 is 25.0 Å². The summed E-state index contributed by atoms with van der Waals surface area (Å²) in [7, 11) is 0. The first-order valence-corrected chi connectivity index (χ1v) is 4.71. The van der Waals surface area contributed by atoms with Gasteiger partial charge in [-0.1, -0.05) is 0 Å². The van der Waals surface area contributed by atoms with E-state index in [0.29, 0.717) is 17.1 Å². The van der Waals surface area contributed by atoms with E-state index < -0.39 is 5.97 Å². The Morgan fingerprint density at radius 1 is 1.38 bits per heavy atom. The fourth-order valence-electron chi connectivity index (χ4n) is 1.42. The van der Waals surface area contributed by atoms with E-state index in [1.54, 1.807) is 6.07 Å². The molecule has 0 saturated carbocycles. The monoisotopic (exact) mass is 225 g/mol. The molecule has 0 bridgehead atoms. The largest absolute Gasteiger partial charge is 0.507 e. The number of carboxylic acid groups (broad SMARTS) is 1. The van der Waals surface area contributed by atoms with Gasteiger partial charge in [-0.25, -0.2) is 0 Å². The summed E-state index contributed by atoms with van der Waals surface area (Å²) in [4.78, 5) is 10.3. The second-order valence-electron chi connectivity index (χ2n) is 3.33. The molecule has 6 heteroatoms. The second-order valence-corrected chi connectivity index (χ2v) is 3.33. The van der Waals surface area contributed by atoms with Crippen LogP contribution in [-0.2, 0) is 11.3 Å². The molecule has 86 valence electrons. The van der Waals surface area contributed by atoms with Crippen LogP contribution in [0.3, 0.4) is 0 Å². The van der Waals surface area contributed by atoms with Gasteiger partial charge in [0.25, 0.3) is 0 Å². The van der Waals surface area contributed by atoms with Gasteiger partial charge in [-0.05, 0) is 6.07 Å². The van der Waals surface area contributed by atoms with E-state index >= 15 is 0 Å².